The van der Waals surface area contributed by atoms with Gasteiger partial charge in [-0.1, -0.05) is 36.1 Å². The molecule has 24 heavy (non-hydrogen) atoms. The summed E-state index contributed by atoms with van der Waals surface area (Å²) in [6, 6.07) is 16.4. The Balaban J connectivity index is 0.00000144. The molecule has 0 fully saturated rings. The van der Waals surface area contributed by atoms with Gasteiger partial charge < -0.3 is 15.0 Å². The van der Waals surface area contributed by atoms with E-state index in [9.17, 15) is 18.1 Å². The Morgan fingerprint density at radius 1 is 0.833 bits per heavy atom. The Kier molecular flexibility index (Phi) is 7.77. The molecule has 0 aliphatic heterocycles. The van der Waals surface area contributed by atoms with Crippen LogP contribution in [0.5, 0.6) is 5.75 Å². The van der Waals surface area contributed by atoms with Crippen LogP contribution < -0.4 is 69.5 Å². The van der Waals surface area contributed by atoms with Crippen molar-refractivity contribution in [3.05, 3.63) is 60.7 Å². The van der Waals surface area contributed by atoms with Gasteiger partial charge in [0.2, 0.25) is 0 Å². The number of hydrogen-bond acceptors (Lipinski definition) is 5. The zero-order valence-corrected chi connectivity index (χ0v) is 18.1. The molecule has 0 aromatic heterocycles. The largest absolute Gasteiger partial charge is 1.00 e. The molecule has 0 atom stereocenters. The smallest absolute Gasteiger partial charge is 0.872 e. The molecule has 0 bridgehead atoms. The minimum atomic E-state index is -4.66. The van der Waals surface area contributed by atoms with Gasteiger partial charge in [-0.2, -0.15) is 0 Å². The van der Waals surface area contributed by atoms with Crippen molar-refractivity contribution in [2.45, 2.75) is 4.90 Å². The van der Waals surface area contributed by atoms with Crippen molar-refractivity contribution < 1.29 is 77.2 Å². The minimum Gasteiger partial charge on any atom is -0.872 e. The number of nitrogens with one attached hydrogen (secondary N) is 1. The van der Waals surface area contributed by atoms with Crippen molar-refractivity contribution in [1.29, 1.82) is 0 Å². The molecule has 3 aromatic rings. The van der Waals surface area contributed by atoms with Crippen LogP contribution in [-0.2, 0) is 10.1 Å². The fraction of sp³-hybridized carbons (Fsp3) is 0. The van der Waals surface area contributed by atoms with E-state index < -0.39 is 20.8 Å². The molecule has 3 aromatic carbocycles. The SMILES string of the molecule is O=S(=O)([O-])c1cc([O-])c2ccc(Nc3ccccc3)cc2c1.[Na+].[Na+]. The first-order valence-corrected chi connectivity index (χ1v) is 7.87. The zero-order chi connectivity index (χ0) is 15.7. The molecule has 0 aliphatic rings. The van der Waals surface area contributed by atoms with Gasteiger partial charge in [0.25, 0.3) is 0 Å². The van der Waals surface area contributed by atoms with Crippen molar-refractivity contribution >= 4 is 32.3 Å². The number of benzene rings is 3. The van der Waals surface area contributed by atoms with Gasteiger partial charge in [0.1, 0.15) is 10.1 Å². The summed E-state index contributed by atoms with van der Waals surface area (Å²) >= 11 is 0. The van der Waals surface area contributed by atoms with E-state index in [1.54, 1.807) is 18.2 Å². The van der Waals surface area contributed by atoms with E-state index in [0.29, 0.717) is 16.5 Å². The molecule has 5 nitrogen and oxygen atoms in total. The van der Waals surface area contributed by atoms with Crippen molar-refractivity contribution in [3.63, 3.8) is 0 Å². The van der Waals surface area contributed by atoms with Gasteiger partial charge >= 0.3 is 59.1 Å². The third-order valence-corrected chi connectivity index (χ3v) is 4.05. The number of rotatable bonds is 3. The van der Waals surface area contributed by atoms with E-state index in [1.165, 1.54) is 6.07 Å². The van der Waals surface area contributed by atoms with Crippen LogP contribution >= 0.6 is 0 Å². The zero-order valence-electron chi connectivity index (χ0n) is 13.3. The van der Waals surface area contributed by atoms with Gasteiger partial charge in [0.15, 0.2) is 0 Å². The maximum atomic E-state index is 11.9. The van der Waals surface area contributed by atoms with Crippen LogP contribution in [0.2, 0.25) is 0 Å². The average molecular weight is 359 g/mol. The fourth-order valence-electron chi connectivity index (χ4n) is 2.22. The third-order valence-electron chi connectivity index (χ3n) is 3.24. The Bertz CT molecular complexity index is 947. The molecule has 0 unspecified atom stereocenters. The summed E-state index contributed by atoms with van der Waals surface area (Å²) in [4.78, 5) is -0.512. The van der Waals surface area contributed by atoms with Crippen LogP contribution in [0.4, 0.5) is 11.4 Å². The predicted octanol–water partition coefficient (Wildman–Crippen LogP) is -3.43. The van der Waals surface area contributed by atoms with Crippen molar-refractivity contribution in [3.8, 4) is 5.75 Å². The summed E-state index contributed by atoms with van der Waals surface area (Å²) in [5, 5.41) is 15.8. The summed E-state index contributed by atoms with van der Waals surface area (Å²) in [5.74, 6) is -0.488. The molecule has 1 N–H and O–H groups in total. The van der Waals surface area contributed by atoms with Crippen LogP contribution in [-0.4, -0.2) is 13.0 Å². The van der Waals surface area contributed by atoms with Gasteiger partial charge in [-0.15, -0.1) is 0 Å². The summed E-state index contributed by atoms with van der Waals surface area (Å²) in [5.41, 5.74) is 1.55. The molecule has 0 aliphatic carbocycles. The van der Waals surface area contributed by atoms with Crippen molar-refractivity contribution in [2.24, 2.45) is 0 Å². The average Bonchev–Trinajstić information content (AvgIpc) is 2.47. The topological polar surface area (TPSA) is 92.3 Å². The van der Waals surface area contributed by atoms with Gasteiger partial charge in [0.05, 0.1) is 4.90 Å². The first kappa shape index (κ1) is 21.5. The Morgan fingerprint density at radius 2 is 1.50 bits per heavy atom. The Labute approximate surface area is 184 Å². The Hall–Kier alpha value is -0.570. The maximum absolute atomic E-state index is 11.9. The summed E-state index contributed by atoms with van der Waals surface area (Å²) in [7, 11) is -4.66. The van der Waals surface area contributed by atoms with Crippen molar-refractivity contribution in [1.82, 2.24) is 0 Å². The first-order chi connectivity index (χ1) is 10.4. The number of para-hydroxylation sites is 1. The van der Waals surface area contributed by atoms with Crippen LogP contribution in [0.25, 0.3) is 10.8 Å². The Morgan fingerprint density at radius 3 is 2.12 bits per heavy atom. The van der Waals surface area contributed by atoms with E-state index in [1.807, 2.05) is 30.3 Å². The quantitative estimate of drug-likeness (QED) is 0.388. The van der Waals surface area contributed by atoms with Gasteiger partial charge in [-0.25, -0.2) is 8.42 Å². The van der Waals surface area contributed by atoms with Crippen molar-refractivity contribution in [2.75, 3.05) is 5.32 Å². The van der Waals surface area contributed by atoms with Gasteiger partial charge in [0, 0.05) is 11.4 Å². The summed E-state index contributed by atoms with van der Waals surface area (Å²) in [6.07, 6.45) is 0. The first-order valence-electron chi connectivity index (χ1n) is 6.46. The molecule has 0 amide bonds. The number of hydrogen-bond donors (Lipinski definition) is 1. The van der Waals surface area contributed by atoms with E-state index in [2.05, 4.69) is 5.32 Å². The molecule has 0 saturated heterocycles. The van der Waals surface area contributed by atoms with E-state index in [4.69, 9.17) is 0 Å². The van der Waals surface area contributed by atoms with E-state index in [-0.39, 0.29) is 59.1 Å². The minimum absolute atomic E-state index is 0. The molecule has 112 valence electrons. The van der Waals surface area contributed by atoms with Crippen LogP contribution in [0, 0.1) is 0 Å². The molecule has 3 rings (SSSR count). The summed E-state index contributed by atoms with van der Waals surface area (Å²) in [6.45, 7) is 0. The molecule has 8 heteroatoms. The van der Waals surface area contributed by atoms with Gasteiger partial charge in [-0.3, -0.25) is 0 Å². The fourth-order valence-corrected chi connectivity index (χ4v) is 2.74. The number of anilines is 2. The van der Waals surface area contributed by atoms with Crippen LogP contribution in [0.1, 0.15) is 0 Å². The predicted molar refractivity (Wildman–Crippen MR) is 81.1 cm³/mol. The normalized spacial score (nSPS) is 10.5. The standard InChI is InChI=1S/C16H13NO4S.2Na/c18-16-10-14(22(19,20)21)9-11-8-13(6-7-15(11)16)17-12-4-2-1-3-5-12;;/h1-10,17-18H,(H,19,20,21);;/q;2*+1/p-2. The van der Waals surface area contributed by atoms with Crippen LogP contribution in [0.15, 0.2) is 65.6 Å². The monoisotopic (exact) mass is 359 g/mol. The number of fused-ring (bicyclic) bond motifs is 1. The van der Waals surface area contributed by atoms with E-state index in [0.717, 1.165) is 11.8 Å². The second-order valence-corrected chi connectivity index (χ2v) is 6.18. The third kappa shape index (κ3) is 4.97. The van der Waals surface area contributed by atoms with Crippen LogP contribution in [0.3, 0.4) is 0 Å². The second-order valence-electron chi connectivity index (χ2n) is 4.80. The molecular weight excluding hydrogens is 348 g/mol. The molecule has 0 spiro atoms. The second kappa shape index (κ2) is 8.69. The molecule has 0 heterocycles. The molecule has 0 radical (unpaired) electrons. The molecule has 0 saturated carbocycles. The maximum Gasteiger partial charge on any atom is 1.00 e. The summed E-state index contributed by atoms with van der Waals surface area (Å²) < 4.78 is 33.3. The molecular formula is C16H11NNa2O4S. The van der Waals surface area contributed by atoms with Gasteiger partial charge in [-0.05, 0) is 41.1 Å². The van der Waals surface area contributed by atoms with E-state index >= 15 is 0 Å².